The molecule has 1 rings (SSSR count). The van der Waals surface area contributed by atoms with Crippen molar-refractivity contribution < 1.29 is 17.9 Å². The number of benzene rings is 1. The molecule has 6 heteroatoms. The Bertz CT molecular complexity index is 410. The van der Waals surface area contributed by atoms with Crippen molar-refractivity contribution in [1.29, 1.82) is 0 Å². The molecule has 1 N–H and O–H groups in total. The molecule has 0 bridgehead atoms. The second kappa shape index (κ2) is 7.78. The summed E-state index contributed by atoms with van der Waals surface area (Å²) in [6.07, 6.45) is -4.65. The van der Waals surface area contributed by atoms with E-state index in [0.717, 1.165) is 17.9 Å². The van der Waals surface area contributed by atoms with Crippen molar-refractivity contribution >= 4 is 11.8 Å². The van der Waals surface area contributed by atoms with Gasteiger partial charge in [-0.05, 0) is 29.5 Å². The summed E-state index contributed by atoms with van der Waals surface area (Å²) in [7, 11) is 0. The molecule has 1 atom stereocenters. The SMILES string of the molecule is CCNC(CSC(C)C)c1cccc(OC(F)(F)F)c1. The van der Waals surface area contributed by atoms with Crippen molar-refractivity contribution in [2.24, 2.45) is 0 Å². The molecular formula is C14H20F3NOS. The molecule has 20 heavy (non-hydrogen) atoms. The van der Waals surface area contributed by atoms with E-state index in [1.807, 2.05) is 13.0 Å². The largest absolute Gasteiger partial charge is 0.573 e. The second-order valence-corrected chi connectivity index (χ2v) is 6.22. The van der Waals surface area contributed by atoms with E-state index in [-0.39, 0.29) is 11.8 Å². The highest BCUT2D eigenvalue weighted by Crippen LogP contribution is 2.27. The molecule has 0 aliphatic carbocycles. The van der Waals surface area contributed by atoms with Crippen LogP contribution in [0.3, 0.4) is 0 Å². The van der Waals surface area contributed by atoms with Crippen molar-refractivity contribution in [2.75, 3.05) is 12.3 Å². The molecule has 0 saturated heterocycles. The Morgan fingerprint density at radius 2 is 2.00 bits per heavy atom. The van der Waals surface area contributed by atoms with E-state index in [1.165, 1.54) is 12.1 Å². The van der Waals surface area contributed by atoms with Gasteiger partial charge in [-0.15, -0.1) is 13.2 Å². The van der Waals surface area contributed by atoms with Gasteiger partial charge in [-0.1, -0.05) is 32.9 Å². The van der Waals surface area contributed by atoms with Crippen LogP contribution in [-0.4, -0.2) is 23.9 Å². The van der Waals surface area contributed by atoms with Crippen LogP contribution in [0.4, 0.5) is 13.2 Å². The van der Waals surface area contributed by atoms with E-state index < -0.39 is 6.36 Å². The highest BCUT2D eigenvalue weighted by molar-refractivity contribution is 7.99. The maximum atomic E-state index is 12.2. The molecule has 1 unspecified atom stereocenters. The Morgan fingerprint density at radius 1 is 1.30 bits per heavy atom. The predicted molar refractivity (Wildman–Crippen MR) is 77.1 cm³/mol. The lowest BCUT2D eigenvalue weighted by molar-refractivity contribution is -0.274. The van der Waals surface area contributed by atoms with Crippen LogP contribution in [0.15, 0.2) is 24.3 Å². The summed E-state index contributed by atoms with van der Waals surface area (Å²) in [4.78, 5) is 0. The third kappa shape index (κ3) is 6.52. The summed E-state index contributed by atoms with van der Waals surface area (Å²) in [5.41, 5.74) is 0.807. The number of alkyl halides is 3. The van der Waals surface area contributed by atoms with Crippen LogP contribution >= 0.6 is 11.8 Å². The number of rotatable bonds is 7. The van der Waals surface area contributed by atoms with E-state index in [9.17, 15) is 13.2 Å². The topological polar surface area (TPSA) is 21.3 Å². The van der Waals surface area contributed by atoms with Gasteiger partial charge in [0.25, 0.3) is 0 Å². The van der Waals surface area contributed by atoms with Gasteiger partial charge in [-0.25, -0.2) is 0 Å². The lowest BCUT2D eigenvalue weighted by Crippen LogP contribution is -2.24. The summed E-state index contributed by atoms with van der Waals surface area (Å²) in [6, 6.07) is 6.18. The fraction of sp³-hybridized carbons (Fsp3) is 0.571. The summed E-state index contributed by atoms with van der Waals surface area (Å²) < 4.78 is 40.7. The van der Waals surface area contributed by atoms with E-state index in [0.29, 0.717) is 5.25 Å². The lowest BCUT2D eigenvalue weighted by Gasteiger charge is -2.20. The van der Waals surface area contributed by atoms with Crippen LogP contribution in [-0.2, 0) is 0 Å². The van der Waals surface area contributed by atoms with E-state index in [2.05, 4.69) is 23.9 Å². The fourth-order valence-corrected chi connectivity index (χ4v) is 2.62. The Labute approximate surface area is 122 Å². The summed E-state index contributed by atoms with van der Waals surface area (Å²) in [5.74, 6) is 0.633. The molecule has 0 aliphatic heterocycles. The Hall–Kier alpha value is -0.880. The van der Waals surface area contributed by atoms with Gasteiger partial charge in [0.1, 0.15) is 5.75 Å². The zero-order valence-corrected chi connectivity index (χ0v) is 12.6. The third-order valence-electron chi connectivity index (χ3n) is 2.54. The maximum absolute atomic E-state index is 12.2. The van der Waals surface area contributed by atoms with Gasteiger partial charge >= 0.3 is 6.36 Å². The van der Waals surface area contributed by atoms with Gasteiger partial charge in [-0.2, -0.15) is 11.8 Å². The van der Waals surface area contributed by atoms with Crippen molar-refractivity contribution in [3.05, 3.63) is 29.8 Å². The number of ether oxygens (including phenoxy) is 1. The summed E-state index contributed by atoms with van der Waals surface area (Å²) >= 11 is 1.77. The molecule has 0 amide bonds. The van der Waals surface area contributed by atoms with E-state index in [4.69, 9.17) is 0 Å². The standard InChI is InChI=1S/C14H20F3NOS/c1-4-18-13(9-20-10(2)3)11-6-5-7-12(8-11)19-14(15,16)17/h5-8,10,13,18H,4,9H2,1-3H3. The molecule has 0 spiro atoms. The van der Waals surface area contributed by atoms with Gasteiger partial charge < -0.3 is 10.1 Å². The molecule has 0 aromatic heterocycles. The van der Waals surface area contributed by atoms with Gasteiger partial charge in [0, 0.05) is 11.8 Å². The normalized spacial score (nSPS) is 13.6. The molecule has 1 aromatic carbocycles. The second-order valence-electron chi connectivity index (χ2n) is 4.61. The zero-order valence-electron chi connectivity index (χ0n) is 11.8. The van der Waals surface area contributed by atoms with Gasteiger partial charge in [0.15, 0.2) is 0 Å². The summed E-state index contributed by atoms with van der Waals surface area (Å²) in [5, 5.41) is 3.76. The van der Waals surface area contributed by atoms with E-state index in [1.54, 1.807) is 17.8 Å². The van der Waals surface area contributed by atoms with Crippen LogP contribution in [0.5, 0.6) is 5.75 Å². The molecule has 1 aromatic rings. The molecule has 0 fully saturated rings. The average Bonchev–Trinajstić information content (AvgIpc) is 2.32. The Morgan fingerprint density at radius 3 is 2.55 bits per heavy atom. The minimum Gasteiger partial charge on any atom is -0.406 e. The molecule has 114 valence electrons. The number of hydrogen-bond acceptors (Lipinski definition) is 3. The minimum absolute atomic E-state index is 0.0178. The maximum Gasteiger partial charge on any atom is 0.573 e. The quantitative estimate of drug-likeness (QED) is 0.808. The monoisotopic (exact) mass is 307 g/mol. The van der Waals surface area contributed by atoms with Crippen LogP contribution in [0.2, 0.25) is 0 Å². The first-order valence-electron chi connectivity index (χ1n) is 6.52. The van der Waals surface area contributed by atoms with Crippen LogP contribution < -0.4 is 10.1 Å². The number of hydrogen-bond donors (Lipinski definition) is 1. The smallest absolute Gasteiger partial charge is 0.406 e. The van der Waals surface area contributed by atoms with Gasteiger partial charge in [0.2, 0.25) is 0 Å². The zero-order chi connectivity index (χ0) is 15.2. The molecule has 0 aliphatic rings. The molecule has 0 heterocycles. The summed E-state index contributed by atoms with van der Waals surface area (Å²) in [6.45, 7) is 6.92. The molecule has 0 saturated carbocycles. The first-order chi connectivity index (χ1) is 9.31. The lowest BCUT2D eigenvalue weighted by atomic mass is 10.1. The Balaban J connectivity index is 2.82. The average molecular weight is 307 g/mol. The van der Waals surface area contributed by atoms with Crippen molar-refractivity contribution in [3.63, 3.8) is 0 Å². The van der Waals surface area contributed by atoms with Crippen molar-refractivity contribution in [1.82, 2.24) is 5.32 Å². The minimum atomic E-state index is -4.65. The van der Waals surface area contributed by atoms with Crippen LogP contribution in [0, 0.1) is 0 Å². The first-order valence-corrected chi connectivity index (χ1v) is 7.57. The van der Waals surface area contributed by atoms with Crippen LogP contribution in [0.25, 0.3) is 0 Å². The highest BCUT2D eigenvalue weighted by atomic mass is 32.2. The molecular weight excluding hydrogens is 287 g/mol. The predicted octanol–water partition coefficient (Wildman–Crippen LogP) is 4.38. The number of nitrogens with one attached hydrogen (secondary N) is 1. The van der Waals surface area contributed by atoms with Crippen molar-refractivity contribution in [2.45, 2.75) is 38.4 Å². The Kier molecular flexibility index (Phi) is 6.68. The molecule has 0 radical (unpaired) electrons. The highest BCUT2D eigenvalue weighted by Gasteiger charge is 2.31. The van der Waals surface area contributed by atoms with Gasteiger partial charge in [0.05, 0.1) is 0 Å². The van der Waals surface area contributed by atoms with Gasteiger partial charge in [-0.3, -0.25) is 0 Å². The number of thioether (sulfide) groups is 1. The first kappa shape index (κ1) is 17.2. The fourth-order valence-electron chi connectivity index (χ4n) is 1.74. The molecule has 2 nitrogen and oxygen atoms in total. The number of halogens is 3. The van der Waals surface area contributed by atoms with Crippen LogP contribution in [0.1, 0.15) is 32.4 Å². The third-order valence-corrected chi connectivity index (χ3v) is 3.73. The van der Waals surface area contributed by atoms with E-state index >= 15 is 0 Å². The van der Waals surface area contributed by atoms with Crippen molar-refractivity contribution in [3.8, 4) is 5.75 Å².